The molecular formula is C19H22N2O3. The summed E-state index contributed by atoms with van der Waals surface area (Å²) in [6.45, 7) is 6.41. The Bertz CT molecular complexity index is 731. The molecule has 0 bridgehead atoms. The van der Waals surface area contributed by atoms with Gasteiger partial charge in [-0.3, -0.25) is 0 Å². The monoisotopic (exact) mass is 326 g/mol. The van der Waals surface area contributed by atoms with Gasteiger partial charge in [-0.05, 0) is 41.3 Å². The van der Waals surface area contributed by atoms with Crippen LogP contribution in [0.4, 0.5) is 16.2 Å². The van der Waals surface area contributed by atoms with E-state index in [4.69, 9.17) is 0 Å². The Labute approximate surface area is 142 Å². The van der Waals surface area contributed by atoms with Crippen molar-refractivity contribution in [2.24, 2.45) is 0 Å². The molecule has 24 heavy (non-hydrogen) atoms. The van der Waals surface area contributed by atoms with E-state index in [2.05, 4.69) is 36.1 Å². The maximum absolute atomic E-state index is 12.1. The molecule has 0 aliphatic heterocycles. The zero-order chi connectivity index (χ0) is 17.7. The summed E-state index contributed by atoms with van der Waals surface area (Å²) in [7, 11) is 1.32. The number of urea groups is 1. The molecule has 0 atom stereocenters. The lowest BCUT2D eigenvalue weighted by atomic mass is 9.87. The van der Waals surface area contributed by atoms with Crippen molar-refractivity contribution in [2.45, 2.75) is 26.2 Å². The minimum Gasteiger partial charge on any atom is -0.465 e. The zero-order valence-electron chi connectivity index (χ0n) is 14.3. The van der Waals surface area contributed by atoms with Crippen LogP contribution in [0.1, 0.15) is 36.7 Å². The van der Waals surface area contributed by atoms with E-state index in [-0.39, 0.29) is 11.4 Å². The van der Waals surface area contributed by atoms with Gasteiger partial charge in [0.25, 0.3) is 0 Å². The largest absolute Gasteiger partial charge is 0.465 e. The number of hydrogen-bond acceptors (Lipinski definition) is 3. The molecule has 2 N–H and O–H groups in total. The Hall–Kier alpha value is -2.82. The van der Waals surface area contributed by atoms with Gasteiger partial charge in [0.2, 0.25) is 0 Å². The second kappa shape index (κ2) is 7.17. The first-order valence-corrected chi connectivity index (χ1v) is 7.66. The molecule has 0 radical (unpaired) electrons. The minimum absolute atomic E-state index is 0.0646. The highest BCUT2D eigenvalue weighted by molar-refractivity contribution is 6.00. The molecule has 5 nitrogen and oxygen atoms in total. The first-order valence-electron chi connectivity index (χ1n) is 7.66. The Morgan fingerprint density at radius 2 is 1.54 bits per heavy atom. The van der Waals surface area contributed by atoms with E-state index < -0.39 is 5.97 Å². The third-order valence-corrected chi connectivity index (χ3v) is 3.55. The number of methoxy groups -OCH3 is 1. The van der Waals surface area contributed by atoms with Crippen molar-refractivity contribution >= 4 is 23.4 Å². The number of rotatable bonds is 3. The number of carbonyl (C=O) groups is 2. The lowest BCUT2D eigenvalue weighted by Gasteiger charge is -2.19. The van der Waals surface area contributed by atoms with E-state index in [0.717, 1.165) is 0 Å². The molecule has 5 heteroatoms. The van der Waals surface area contributed by atoms with E-state index in [1.807, 2.05) is 24.3 Å². The Kier molecular flexibility index (Phi) is 5.24. The van der Waals surface area contributed by atoms with E-state index in [0.29, 0.717) is 16.9 Å². The molecule has 2 aromatic rings. The second-order valence-corrected chi connectivity index (χ2v) is 6.48. The molecule has 0 heterocycles. The normalized spacial score (nSPS) is 10.8. The third-order valence-electron chi connectivity index (χ3n) is 3.55. The maximum atomic E-state index is 12.1. The summed E-state index contributed by atoms with van der Waals surface area (Å²) >= 11 is 0. The number of anilines is 2. The lowest BCUT2D eigenvalue weighted by Crippen LogP contribution is -2.20. The highest BCUT2D eigenvalue weighted by Crippen LogP contribution is 2.23. The fourth-order valence-corrected chi connectivity index (χ4v) is 2.19. The van der Waals surface area contributed by atoms with Crippen molar-refractivity contribution in [1.82, 2.24) is 0 Å². The summed E-state index contributed by atoms with van der Waals surface area (Å²) in [6, 6.07) is 13.9. The van der Waals surface area contributed by atoms with Crippen molar-refractivity contribution in [3.8, 4) is 0 Å². The predicted molar refractivity (Wildman–Crippen MR) is 95.6 cm³/mol. The third kappa shape index (κ3) is 4.59. The van der Waals surface area contributed by atoms with E-state index in [9.17, 15) is 9.59 Å². The Morgan fingerprint density at radius 3 is 2.12 bits per heavy atom. The number of nitrogens with one attached hydrogen (secondary N) is 2. The molecule has 0 unspecified atom stereocenters. The van der Waals surface area contributed by atoms with Crippen molar-refractivity contribution in [3.05, 3.63) is 59.7 Å². The fraction of sp³-hybridized carbons (Fsp3) is 0.263. The van der Waals surface area contributed by atoms with Gasteiger partial charge in [0.1, 0.15) is 0 Å². The molecule has 0 spiro atoms. The number of carbonyl (C=O) groups excluding carboxylic acids is 2. The quantitative estimate of drug-likeness (QED) is 0.821. The van der Waals surface area contributed by atoms with Gasteiger partial charge in [-0.15, -0.1) is 0 Å². The Balaban J connectivity index is 2.02. The topological polar surface area (TPSA) is 67.4 Å². The van der Waals surface area contributed by atoms with Crippen LogP contribution in [0.2, 0.25) is 0 Å². The van der Waals surface area contributed by atoms with Crippen LogP contribution in [0.15, 0.2) is 48.5 Å². The van der Waals surface area contributed by atoms with Crippen LogP contribution in [-0.2, 0) is 10.2 Å². The van der Waals surface area contributed by atoms with Gasteiger partial charge >= 0.3 is 12.0 Å². The molecule has 0 aliphatic carbocycles. The highest BCUT2D eigenvalue weighted by atomic mass is 16.5. The summed E-state index contributed by atoms with van der Waals surface area (Å²) in [5, 5.41) is 5.46. The van der Waals surface area contributed by atoms with Gasteiger partial charge in [-0.2, -0.15) is 0 Å². The van der Waals surface area contributed by atoms with Crippen LogP contribution in [0.25, 0.3) is 0 Å². The van der Waals surface area contributed by atoms with Crippen LogP contribution >= 0.6 is 0 Å². The molecule has 0 aromatic heterocycles. The molecule has 0 saturated carbocycles. The molecule has 2 aromatic carbocycles. The first-order chi connectivity index (χ1) is 11.3. The summed E-state index contributed by atoms with van der Waals surface area (Å²) in [4.78, 5) is 23.6. The van der Waals surface area contributed by atoms with Gasteiger partial charge in [-0.1, -0.05) is 39.0 Å². The fourth-order valence-electron chi connectivity index (χ4n) is 2.19. The van der Waals surface area contributed by atoms with E-state index in [1.54, 1.807) is 24.3 Å². The average molecular weight is 326 g/mol. The summed E-state index contributed by atoms with van der Waals surface area (Å²) in [5.41, 5.74) is 2.85. The number of hydrogen-bond donors (Lipinski definition) is 2. The summed E-state index contributed by atoms with van der Waals surface area (Å²) in [6.07, 6.45) is 0. The van der Waals surface area contributed by atoms with E-state index in [1.165, 1.54) is 12.7 Å². The molecule has 0 aliphatic rings. The zero-order valence-corrected chi connectivity index (χ0v) is 14.3. The number of benzene rings is 2. The SMILES string of the molecule is COC(=O)c1cccc(NC(=O)Nc2ccc(C(C)(C)C)cc2)c1. The predicted octanol–water partition coefficient (Wildman–Crippen LogP) is 4.41. The van der Waals surface area contributed by atoms with E-state index >= 15 is 0 Å². The van der Waals surface area contributed by atoms with Crippen LogP contribution in [0.5, 0.6) is 0 Å². The molecular weight excluding hydrogens is 304 g/mol. The van der Waals surface area contributed by atoms with Crippen molar-refractivity contribution in [3.63, 3.8) is 0 Å². The van der Waals surface area contributed by atoms with Crippen LogP contribution < -0.4 is 10.6 Å². The molecule has 126 valence electrons. The van der Waals surface area contributed by atoms with Gasteiger partial charge in [-0.25, -0.2) is 9.59 Å². The highest BCUT2D eigenvalue weighted by Gasteiger charge is 2.13. The molecule has 0 fully saturated rings. The van der Waals surface area contributed by atoms with Gasteiger partial charge < -0.3 is 15.4 Å². The number of esters is 1. The lowest BCUT2D eigenvalue weighted by molar-refractivity contribution is 0.0600. The number of amides is 2. The van der Waals surface area contributed by atoms with Crippen LogP contribution in [-0.4, -0.2) is 19.1 Å². The van der Waals surface area contributed by atoms with Crippen LogP contribution in [0.3, 0.4) is 0 Å². The smallest absolute Gasteiger partial charge is 0.337 e. The minimum atomic E-state index is -0.447. The Morgan fingerprint density at radius 1 is 0.917 bits per heavy atom. The molecule has 2 rings (SSSR count). The summed E-state index contributed by atoms with van der Waals surface area (Å²) in [5.74, 6) is -0.447. The molecule has 0 saturated heterocycles. The van der Waals surface area contributed by atoms with Gasteiger partial charge in [0.05, 0.1) is 12.7 Å². The van der Waals surface area contributed by atoms with Gasteiger partial charge in [0, 0.05) is 11.4 Å². The standard InChI is InChI=1S/C19H22N2O3/c1-19(2,3)14-8-10-15(11-9-14)20-18(23)21-16-7-5-6-13(12-16)17(22)24-4/h5-12H,1-4H3,(H2,20,21,23). The maximum Gasteiger partial charge on any atom is 0.337 e. The first kappa shape index (κ1) is 17.5. The van der Waals surface area contributed by atoms with Crippen LogP contribution in [0, 0.1) is 0 Å². The van der Waals surface area contributed by atoms with Gasteiger partial charge in [0.15, 0.2) is 0 Å². The number of ether oxygens (including phenoxy) is 1. The summed E-state index contributed by atoms with van der Waals surface area (Å²) < 4.78 is 4.66. The average Bonchev–Trinajstić information content (AvgIpc) is 2.54. The second-order valence-electron chi connectivity index (χ2n) is 6.48. The molecule has 2 amide bonds. The van der Waals surface area contributed by atoms with Crippen molar-refractivity contribution < 1.29 is 14.3 Å². The van der Waals surface area contributed by atoms with Crippen molar-refractivity contribution in [2.75, 3.05) is 17.7 Å². The van der Waals surface area contributed by atoms with Crippen molar-refractivity contribution in [1.29, 1.82) is 0 Å².